The fourth-order valence-electron chi connectivity index (χ4n) is 2.46. The minimum Gasteiger partial charge on any atom is -0.495 e. The van der Waals surface area contributed by atoms with Crippen LogP contribution in [0.25, 0.3) is 0 Å². The number of sulfonamides is 1. The first-order valence-electron chi connectivity index (χ1n) is 7.12. The van der Waals surface area contributed by atoms with Crippen LogP contribution in [-0.4, -0.2) is 27.2 Å². The van der Waals surface area contributed by atoms with Gasteiger partial charge in [-0.1, -0.05) is 19.9 Å². The zero-order chi connectivity index (χ0) is 15.7. The van der Waals surface area contributed by atoms with Crippen molar-refractivity contribution < 1.29 is 18.3 Å². The second kappa shape index (κ2) is 5.94. The quantitative estimate of drug-likeness (QED) is 0.806. The zero-order valence-corrected chi connectivity index (χ0v) is 13.5. The van der Waals surface area contributed by atoms with Gasteiger partial charge in [-0.05, 0) is 41.9 Å². The Morgan fingerprint density at radius 3 is 2.52 bits per heavy atom. The second-order valence-electron chi connectivity index (χ2n) is 5.98. The van der Waals surface area contributed by atoms with Crippen LogP contribution >= 0.6 is 0 Å². The molecule has 2 N–H and O–H groups in total. The van der Waals surface area contributed by atoms with E-state index in [9.17, 15) is 13.5 Å². The van der Waals surface area contributed by atoms with Crippen LogP contribution in [0.2, 0.25) is 0 Å². The summed E-state index contributed by atoms with van der Waals surface area (Å²) in [5, 5.41) is 9.18. The number of hydrogen-bond acceptors (Lipinski definition) is 4. The first kappa shape index (κ1) is 16.3. The molecule has 0 aliphatic heterocycles. The van der Waals surface area contributed by atoms with E-state index in [4.69, 9.17) is 4.74 Å². The van der Waals surface area contributed by atoms with E-state index in [-0.39, 0.29) is 22.7 Å². The smallest absolute Gasteiger partial charge is 0.244 e. The monoisotopic (exact) mass is 313 g/mol. The van der Waals surface area contributed by atoms with Gasteiger partial charge < -0.3 is 9.84 Å². The van der Waals surface area contributed by atoms with Gasteiger partial charge in [0.2, 0.25) is 10.0 Å². The molecule has 0 bridgehead atoms. The van der Waals surface area contributed by atoms with Crippen molar-refractivity contribution in [3.05, 3.63) is 23.8 Å². The van der Waals surface area contributed by atoms with Crippen LogP contribution in [0.5, 0.6) is 5.75 Å². The van der Waals surface area contributed by atoms with Gasteiger partial charge >= 0.3 is 0 Å². The van der Waals surface area contributed by atoms with Gasteiger partial charge in [0.15, 0.2) is 0 Å². The predicted molar refractivity (Wildman–Crippen MR) is 80.6 cm³/mol. The Balaban J connectivity index is 2.23. The third-order valence-corrected chi connectivity index (χ3v) is 5.85. The maximum Gasteiger partial charge on any atom is 0.244 e. The number of benzene rings is 1. The fraction of sp³-hybridized carbons (Fsp3) is 0.600. The lowest BCUT2D eigenvalue weighted by molar-refractivity contribution is 0.281. The SMILES string of the molecule is COc1ccc(CO)cc1S(=O)(=O)NCC1(C(C)C)CC1. The van der Waals surface area contributed by atoms with Crippen molar-refractivity contribution >= 4 is 10.0 Å². The molecule has 6 heteroatoms. The summed E-state index contributed by atoms with van der Waals surface area (Å²) in [6.45, 7) is 4.48. The van der Waals surface area contributed by atoms with Crippen molar-refractivity contribution in [1.82, 2.24) is 4.72 Å². The molecule has 0 heterocycles. The van der Waals surface area contributed by atoms with Gasteiger partial charge in [0.05, 0.1) is 13.7 Å². The normalized spacial score (nSPS) is 17.0. The Hall–Kier alpha value is -1.11. The Morgan fingerprint density at radius 1 is 1.38 bits per heavy atom. The molecule has 1 aliphatic rings. The first-order chi connectivity index (χ1) is 9.84. The molecule has 0 unspecified atom stereocenters. The summed E-state index contributed by atoms with van der Waals surface area (Å²) in [4.78, 5) is 0.0797. The molecule has 0 radical (unpaired) electrons. The van der Waals surface area contributed by atoms with Crippen molar-refractivity contribution in [3.63, 3.8) is 0 Å². The number of rotatable bonds is 7. The van der Waals surface area contributed by atoms with E-state index in [1.54, 1.807) is 12.1 Å². The van der Waals surface area contributed by atoms with Gasteiger partial charge in [0.1, 0.15) is 10.6 Å². The Labute approximate surface area is 126 Å². The number of aliphatic hydroxyl groups excluding tert-OH is 1. The molecule has 0 aromatic heterocycles. The Bertz CT molecular complexity index is 606. The summed E-state index contributed by atoms with van der Waals surface area (Å²) in [6.07, 6.45) is 2.11. The summed E-state index contributed by atoms with van der Waals surface area (Å²) in [5.41, 5.74) is 0.635. The lowest BCUT2D eigenvalue weighted by atomic mass is 9.93. The number of methoxy groups -OCH3 is 1. The molecule has 1 saturated carbocycles. The molecule has 0 amide bonds. The number of aliphatic hydroxyl groups is 1. The number of ether oxygens (including phenoxy) is 1. The minimum absolute atomic E-state index is 0.0797. The van der Waals surface area contributed by atoms with Gasteiger partial charge in [-0.3, -0.25) is 0 Å². The zero-order valence-electron chi connectivity index (χ0n) is 12.7. The molecular formula is C15H23NO4S. The average Bonchev–Trinajstić information content (AvgIpc) is 3.26. The molecule has 118 valence electrons. The highest BCUT2D eigenvalue weighted by molar-refractivity contribution is 7.89. The van der Waals surface area contributed by atoms with Crippen LogP contribution in [0.1, 0.15) is 32.3 Å². The summed E-state index contributed by atoms with van der Waals surface area (Å²) in [7, 11) is -2.21. The first-order valence-corrected chi connectivity index (χ1v) is 8.60. The fourth-order valence-corrected chi connectivity index (χ4v) is 3.82. The predicted octanol–water partition coefficient (Wildman–Crippen LogP) is 1.90. The Kier molecular flexibility index (Phi) is 4.60. The van der Waals surface area contributed by atoms with Crippen LogP contribution in [0, 0.1) is 11.3 Å². The largest absolute Gasteiger partial charge is 0.495 e. The van der Waals surface area contributed by atoms with Crippen LogP contribution in [0.3, 0.4) is 0 Å². The molecular weight excluding hydrogens is 290 g/mol. The summed E-state index contributed by atoms with van der Waals surface area (Å²) >= 11 is 0. The summed E-state index contributed by atoms with van der Waals surface area (Å²) < 4.78 is 32.8. The van der Waals surface area contributed by atoms with E-state index in [1.165, 1.54) is 13.2 Å². The molecule has 0 atom stereocenters. The van der Waals surface area contributed by atoms with E-state index < -0.39 is 10.0 Å². The van der Waals surface area contributed by atoms with Gasteiger partial charge in [-0.2, -0.15) is 0 Å². The molecule has 2 rings (SSSR count). The topological polar surface area (TPSA) is 75.6 Å². The van der Waals surface area contributed by atoms with E-state index in [1.807, 2.05) is 0 Å². The average molecular weight is 313 g/mol. The molecule has 5 nitrogen and oxygen atoms in total. The molecule has 0 spiro atoms. The Morgan fingerprint density at radius 2 is 2.05 bits per heavy atom. The van der Waals surface area contributed by atoms with Gasteiger partial charge in [0.25, 0.3) is 0 Å². The minimum atomic E-state index is -3.65. The summed E-state index contributed by atoms with van der Waals surface area (Å²) in [6, 6.07) is 4.67. The highest BCUT2D eigenvalue weighted by Gasteiger charge is 2.45. The highest BCUT2D eigenvalue weighted by atomic mass is 32.2. The molecule has 1 aromatic carbocycles. The van der Waals surface area contributed by atoms with Crippen molar-refractivity contribution in [2.45, 2.75) is 38.2 Å². The van der Waals surface area contributed by atoms with E-state index in [0.717, 1.165) is 12.8 Å². The number of nitrogens with one attached hydrogen (secondary N) is 1. The van der Waals surface area contributed by atoms with Crippen LogP contribution in [0.15, 0.2) is 23.1 Å². The van der Waals surface area contributed by atoms with Crippen molar-refractivity contribution in [2.75, 3.05) is 13.7 Å². The molecule has 1 aliphatic carbocycles. The third kappa shape index (κ3) is 3.39. The van der Waals surface area contributed by atoms with Gasteiger partial charge in [-0.25, -0.2) is 13.1 Å². The van der Waals surface area contributed by atoms with E-state index in [2.05, 4.69) is 18.6 Å². The van der Waals surface area contributed by atoms with E-state index in [0.29, 0.717) is 18.0 Å². The van der Waals surface area contributed by atoms with E-state index >= 15 is 0 Å². The van der Waals surface area contributed by atoms with Gasteiger partial charge in [0, 0.05) is 6.54 Å². The van der Waals surface area contributed by atoms with Crippen LogP contribution < -0.4 is 9.46 Å². The van der Waals surface area contributed by atoms with Crippen molar-refractivity contribution in [3.8, 4) is 5.75 Å². The lowest BCUT2D eigenvalue weighted by Gasteiger charge is -2.20. The van der Waals surface area contributed by atoms with Crippen LogP contribution in [-0.2, 0) is 16.6 Å². The molecule has 0 saturated heterocycles. The summed E-state index contributed by atoms with van der Waals surface area (Å²) in [5.74, 6) is 0.736. The van der Waals surface area contributed by atoms with Crippen molar-refractivity contribution in [2.24, 2.45) is 11.3 Å². The molecule has 1 aromatic rings. The number of hydrogen-bond donors (Lipinski definition) is 2. The van der Waals surface area contributed by atoms with Crippen molar-refractivity contribution in [1.29, 1.82) is 0 Å². The van der Waals surface area contributed by atoms with Gasteiger partial charge in [-0.15, -0.1) is 0 Å². The third-order valence-electron chi connectivity index (χ3n) is 4.43. The standard InChI is InChI=1S/C15H23NO4S/c1-11(2)15(6-7-15)10-16-21(18,19)14-8-12(9-17)4-5-13(14)20-3/h4-5,8,11,16-17H,6-7,9-10H2,1-3H3. The van der Waals surface area contributed by atoms with Crippen LogP contribution in [0.4, 0.5) is 0 Å². The molecule has 21 heavy (non-hydrogen) atoms. The maximum absolute atomic E-state index is 12.5. The highest BCUT2D eigenvalue weighted by Crippen LogP contribution is 2.51. The molecule has 1 fully saturated rings. The maximum atomic E-state index is 12.5. The lowest BCUT2D eigenvalue weighted by Crippen LogP contribution is -2.32. The second-order valence-corrected chi connectivity index (χ2v) is 7.72.